The number of hydrogen-bond donors (Lipinski definition) is 5. The van der Waals surface area contributed by atoms with Crippen LogP contribution < -0.4 is 25.8 Å². The molecule has 0 aromatic heterocycles. The number of cyclic esters (lactones) is 1. The van der Waals surface area contributed by atoms with Crippen molar-refractivity contribution in [3.63, 3.8) is 0 Å². The summed E-state index contributed by atoms with van der Waals surface area (Å²) in [5.74, 6) is -3.54. The molecule has 5 rings (SSSR count). The number of ether oxygens (including phenoxy) is 3. The highest BCUT2D eigenvalue weighted by molar-refractivity contribution is 5.99. The van der Waals surface area contributed by atoms with Crippen molar-refractivity contribution in [2.24, 2.45) is 5.73 Å². The summed E-state index contributed by atoms with van der Waals surface area (Å²) in [5, 5.41) is 28.3. The van der Waals surface area contributed by atoms with Crippen molar-refractivity contribution in [3.8, 4) is 23.0 Å². The van der Waals surface area contributed by atoms with E-state index in [-0.39, 0.29) is 47.0 Å². The van der Waals surface area contributed by atoms with Crippen molar-refractivity contribution in [2.45, 2.75) is 63.9 Å². The summed E-state index contributed by atoms with van der Waals surface area (Å²) in [6, 6.07) is 12.1. The Morgan fingerprint density at radius 1 is 0.960 bits per heavy atom. The molecule has 3 aromatic rings. The van der Waals surface area contributed by atoms with Crippen molar-refractivity contribution < 1.29 is 48.4 Å². The molecule has 2 aliphatic rings. The van der Waals surface area contributed by atoms with Gasteiger partial charge in [0, 0.05) is 42.0 Å². The zero-order valence-corrected chi connectivity index (χ0v) is 27.5. The standard InChI is InChI=1S/C37H39N3O10/c1-21-6-5-9-26(41)8-4-2-3-7-24-16-28(42)34(35(45)33(24)37(47)50-21)27(23-12-15-29-30(17-23)49-20-48-29)18-31(43)39-19-32(44)40-25-13-10-22(11-14-25)36(38)46/h3,7,10-17,21,27,42,45H,2,4-6,8-9,18-20H2,1H3,(H2,38,46)(H,39,43)(H,40,44)/b7-3+/t21-,27?/m0/s1. The average Bonchev–Trinajstić information content (AvgIpc) is 3.54. The first-order valence-corrected chi connectivity index (χ1v) is 16.3. The van der Waals surface area contributed by atoms with Gasteiger partial charge in [0.05, 0.1) is 12.6 Å². The molecule has 13 heteroatoms. The van der Waals surface area contributed by atoms with E-state index in [1.165, 1.54) is 30.3 Å². The first kappa shape index (κ1) is 35.5. The van der Waals surface area contributed by atoms with Crippen LogP contribution in [0.25, 0.3) is 6.08 Å². The number of rotatable bonds is 8. The molecule has 2 aliphatic heterocycles. The van der Waals surface area contributed by atoms with Gasteiger partial charge in [-0.3, -0.25) is 19.2 Å². The van der Waals surface area contributed by atoms with Crippen LogP contribution >= 0.6 is 0 Å². The molecule has 0 aliphatic carbocycles. The van der Waals surface area contributed by atoms with Gasteiger partial charge in [-0.05, 0) is 86.2 Å². The third kappa shape index (κ3) is 8.78. The van der Waals surface area contributed by atoms with E-state index in [0.29, 0.717) is 61.3 Å². The highest BCUT2D eigenvalue weighted by atomic mass is 16.7. The second-order valence-corrected chi connectivity index (χ2v) is 12.2. The minimum atomic E-state index is -1.02. The maximum atomic E-state index is 13.6. The van der Waals surface area contributed by atoms with Gasteiger partial charge in [-0.15, -0.1) is 0 Å². The number of fused-ring (bicyclic) bond motifs is 2. The Morgan fingerprint density at radius 2 is 1.70 bits per heavy atom. The molecule has 3 aromatic carbocycles. The Hall–Kier alpha value is -5.85. The molecule has 13 nitrogen and oxygen atoms in total. The van der Waals surface area contributed by atoms with Crippen molar-refractivity contribution in [1.29, 1.82) is 0 Å². The van der Waals surface area contributed by atoms with E-state index in [4.69, 9.17) is 19.9 Å². The van der Waals surface area contributed by atoms with Gasteiger partial charge in [0.1, 0.15) is 22.8 Å². The van der Waals surface area contributed by atoms with E-state index in [0.717, 1.165) is 0 Å². The van der Waals surface area contributed by atoms with Crippen molar-refractivity contribution >= 4 is 41.2 Å². The van der Waals surface area contributed by atoms with Gasteiger partial charge in [0.15, 0.2) is 11.5 Å². The summed E-state index contributed by atoms with van der Waals surface area (Å²) in [6.45, 7) is 1.28. The highest BCUT2D eigenvalue weighted by Crippen LogP contribution is 2.46. The highest BCUT2D eigenvalue weighted by Gasteiger charge is 2.32. The summed E-state index contributed by atoms with van der Waals surface area (Å²) >= 11 is 0. The van der Waals surface area contributed by atoms with Crippen molar-refractivity contribution in [1.82, 2.24) is 5.32 Å². The maximum Gasteiger partial charge on any atom is 0.342 e. The van der Waals surface area contributed by atoms with Crippen LogP contribution in [0.5, 0.6) is 23.0 Å². The number of allylic oxidation sites excluding steroid dienone is 1. The lowest BCUT2D eigenvalue weighted by Gasteiger charge is -2.23. The second-order valence-electron chi connectivity index (χ2n) is 12.2. The number of ketones is 1. The van der Waals surface area contributed by atoms with Crippen LogP contribution in [0.1, 0.15) is 95.2 Å². The number of nitrogens with two attached hydrogens (primary N) is 1. The zero-order valence-electron chi connectivity index (χ0n) is 27.5. The van der Waals surface area contributed by atoms with Gasteiger partial charge >= 0.3 is 5.97 Å². The van der Waals surface area contributed by atoms with E-state index < -0.39 is 48.0 Å². The number of carbonyl (C=O) groups is 5. The largest absolute Gasteiger partial charge is 0.507 e. The summed E-state index contributed by atoms with van der Waals surface area (Å²) in [6.07, 6.45) is 5.38. The molecule has 2 heterocycles. The molecular weight excluding hydrogens is 646 g/mol. The molecule has 2 atom stereocenters. The molecule has 1 unspecified atom stereocenters. The number of Topliss-reactive ketones (excluding diaryl/α,β-unsaturated/α-hetero) is 1. The number of primary amides is 1. The summed E-state index contributed by atoms with van der Waals surface area (Å²) in [7, 11) is 0. The minimum Gasteiger partial charge on any atom is -0.507 e. The maximum absolute atomic E-state index is 13.6. The van der Waals surface area contributed by atoms with Gasteiger partial charge in [0.2, 0.25) is 24.5 Å². The summed E-state index contributed by atoms with van der Waals surface area (Å²) < 4.78 is 16.7. The van der Waals surface area contributed by atoms with Gasteiger partial charge < -0.3 is 40.8 Å². The normalized spacial score (nSPS) is 17.4. The predicted molar refractivity (Wildman–Crippen MR) is 182 cm³/mol. The molecule has 0 radical (unpaired) electrons. The average molecular weight is 686 g/mol. The van der Waals surface area contributed by atoms with Gasteiger partial charge in [0.25, 0.3) is 0 Å². The summed E-state index contributed by atoms with van der Waals surface area (Å²) in [4.78, 5) is 63.1. The number of anilines is 1. The SMILES string of the molecule is C[C@H]1CCCC(=O)CCC/C=C/c2cc(O)c(C(CC(=O)NCC(=O)Nc3ccc(C(N)=O)cc3)c3ccc4c(c3)OCO4)c(O)c2C(=O)O1. The van der Waals surface area contributed by atoms with Crippen LogP contribution in [-0.4, -0.2) is 59.1 Å². The van der Waals surface area contributed by atoms with Crippen LogP contribution in [0.4, 0.5) is 5.69 Å². The Bertz CT molecular complexity index is 1820. The number of carbonyl (C=O) groups excluding carboxylic acids is 5. The summed E-state index contributed by atoms with van der Waals surface area (Å²) in [5.41, 5.74) is 6.30. The third-order valence-electron chi connectivity index (χ3n) is 8.49. The lowest BCUT2D eigenvalue weighted by molar-refractivity contribution is -0.124. The molecule has 3 amide bonds. The molecule has 0 saturated heterocycles. The van der Waals surface area contributed by atoms with Gasteiger partial charge in [-0.2, -0.15) is 0 Å². The van der Waals surface area contributed by atoms with E-state index in [2.05, 4.69) is 10.6 Å². The van der Waals surface area contributed by atoms with Crippen LogP contribution in [0.2, 0.25) is 0 Å². The first-order chi connectivity index (χ1) is 24.0. The van der Waals surface area contributed by atoms with Gasteiger partial charge in [-0.1, -0.05) is 18.2 Å². The molecule has 0 fully saturated rings. The Balaban J connectivity index is 1.44. The van der Waals surface area contributed by atoms with E-state index >= 15 is 0 Å². The number of hydrogen-bond acceptors (Lipinski definition) is 10. The molecule has 50 heavy (non-hydrogen) atoms. The van der Waals surface area contributed by atoms with Crippen LogP contribution in [0.15, 0.2) is 54.6 Å². The van der Waals surface area contributed by atoms with E-state index in [1.807, 2.05) is 0 Å². The van der Waals surface area contributed by atoms with E-state index in [1.54, 1.807) is 37.3 Å². The topological polar surface area (TPSA) is 204 Å². The van der Waals surface area contributed by atoms with Crippen molar-refractivity contribution in [2.75, 3.05) is 18.7 Å². The number of phenolic OH excluding ortho intramolecular Hbond substituents is 2. The number of nitrogens with one attached hydrogen (secondary N) is 2. The fourth-order valence-corrected chi connectivity index (χ4v) is 5.89. The Labute approximate surface area is 288 Å². The monoisotopic (exact) mass is 685 g/mol. The molecule has 0 spiro atoms. The zero-order chi connectivity index (χ0) is 35.8. The molecule has 262 valence electrons. The third-order valence-corrected chi connectivity index (χ3v) is 8.49. The van der Waals surface area contributed by atoms with Gasteiger partial charge in [-0.25, -0.2) is 4.79 Å². The second kappa shape index (κ2) is 16.0. The number of phenols is 2. The smallest absolute Gasteiger partial charge is 0.342 e. The molecule has 6 N–H and O–H groups in total. The number of esters is 1. The van der Waals surface area contributed by atoms with E-state index in [9.17, 15) is 34.2 Å². The number of aromatic hydroxyl groups is 2. The Kier molecular flexibility index (Phi) is 11.4. The Morgan fingerprint density at radius 3 is 2.46 bits per heavy atom. The molecule has 0 bridgehead atoms. The quantitative estimate of drug-likeness (QED) is 0.207. The van der Waals surface area contributed by atoms with Crippen LogP contribution in [0, 0.1) is 0 Å². The number of benzene rings is 3. The molecular formula is C37H39N3O10. The molecule has 0 saturated carbocycles. The fraction of sp³-hybridized carbons (Fsp3) is 0.324. The first-order valence-electron chi connectivity index (χ1n) is 16.3. The predicted octanol–water partition coefficient (Wildman–Crippen LogP) is 4.68. The fourth-order valence-electron chi connectivity index (χ4n) is 5.89. The van der Waals surface area contributed by atoms with Crippen LogP contribution in [-0.2, 0) is 19.1 Å². The lowest BCUT2D eigenvalue weighted by Crippen LogP contribution is -2.33. The lowest BCUT2D eigenvalue weighted by atomic mass is 9.84. The minimum absolute atomic E-state index is 0.00975. The van der Waals surface area contributed by atoms with Crippen LogP contribution in [0.3, 0.4) is 0 Å². The van der Waals surface area contributed by atoms with Crippen molar-refractivity contribution in [3.05, 3.63) is 82.4 Å². The number of amides is 3.